The summed E-state index contributed by atoms with van der Waals surface area (Å²) in [5, 5.41) is 0. The number of aromatic nitrogens is 4. The van der Waals surface area contributed by atoms with Crippen molar-refractivity contribution in [2.45, 2.75) is 114 Å². The van der Waals surface area contributed by atoms with Crippen LogP contribution in [0.2, 0.25) is 0 Å². The molecular weight excluding hydrogens is 873 g/mol. The number of hydrogen-bond donors (Lipinski definition) is 2. The number of carbonyl (C=O) groups is 2. The van der Waals surface area contributed by atoms with Gasteiger partial charge in [0.15, 0.2) is 0 Å². The lowest BCUT2D eigenvalue weighted by Gasteiger charge is -2.33. The molecule has 6 aromatic rings. The van der Waals surface area contributed by atoms with Gasteiger partial charge in [0, 0.05) is 31.7 Å². The highest BCUT2D eigenvalue weighted by Crippen LogP contribution is 2.41. The van der Waals surface area contributed by atoms with Crippen LogP contribution in [0.4, 0.5) is 0 Å². The topological polar surface area (TPSA) is 123 Å². The van der Waals surface area contributed by atoms with Crippen LogP contribution in [-0.4, -0.2) is 110 Å². The number of nitrogens with one attached hydrogen (secondary N) is 2. The van der Waals surface area contributed by atoms with Crippen molar-refractivity contribution >= 4 is 11.8 Å². The quantitative estimate of drug-likeness (QED) is 0.147. The van der Waals surface area contributed by atoms with Crippen LogP contribution in [-0.2, 0) is 14.3 Å². The first kappa shape index (κ1) is 46.3. The maximum Gasteiger partial charge on any atom is 0.245 e. The van der Waals surface area contributed by atoms with E-state index < -0.39 is 0 Å². The fraction of sp³-hybridized carbons (Fsp3) is 0.448. The number of H-pyrrole nitrogens is 2. The average Bonchev–Trinajstić information content (AvgIpc) is 4.26. The van der Waals surface area contributed by atoms with Gasteiger partial charge in [-0.1, -0.05) is 117 Å². The summed E-state index contributed by atoms with van der Waals surface area (Å²) in [7, 11) is 0. The van der Waals surface area contributed by atoms with Crippen molar-refractivity contribution in [2.24, 2.45) is 0 Å². The highest BCUT2D eigenvalue weighted by Gasteiger charge is 2.43. The Labute approximate surface area is 412 Å². The van der Waals surface area contributed by atoms with Crippen molar-refractivity contribution in [1.29, 1.82) is 0 Å². The van der Waals surface area contributed by atoms with Crippen LogP contribution >= 0.6 is 0 Å². The van der Waals surface area contributed by atoms with Gasteiger partial charge in [0.05, 0.1) is 48.6 Å². The molecule has 70 heavy (non-hydrogen) atoms. The molecule has 5 aliphatic rings. The summed E-state index contributed by atoms with van der Waals surface area (Å²) in [6.45, 7) is 6.36. The first-order valence-corrected chi connectivity index (χ1v) is 26.3. The van der Waals surface area contributed by atoms with E-state index in [1.54, 1.807) is 0 Å². The fourth-order valence-corrected chi connectivity index (χ4v) is 11.9. The Morgan fingerprint density at radius 1 is 0.543 bits per heavy atom. The lowest BCUT2D eigenvalue weighted by molar-refractivity contribution is -0.139. The van der Waals surface area contributed by atoms with Crippen molar-refractivity contribution in [3.8, 4) is 39.4 Å². The number of carbonyl (C=O) groups excluding carboxylic acids is 2. The summed E-state index contributed by atoms with van der Waals surface area (Å²) >= 11 is 0. The number of hydrogen-bond acceptors (Lipinski definition) is 8. The standard InChI is InChI=1S/C58H68N8O4/c67-57(53(63-29-11-12-30-63)43-18-7-5-8-19-43)65-33-17-22-50(65)55-59-38-48(61-55)42-25-23-41(24-26-42)45-27-28-47-49-39-60-56(62-49)51-37-46(69-34-15-3-1-2-4-16-35-70-52(47)36-45)40-66(51)58(68)54(64-31-13-14-32-64)44-20-9-6-10-21-44/h5-10,18-21,23-28,36,38-39,46,50-51,53-54H,1-4,11-17,22,29-35,37,40H2,(H,59,61)(H,60,62)/t46-,50-,51-,53+,54-/m0/s1. The minimum Gasteiger partial charge on any atom is -0.493 e. The lowest BCUT2D eigenvalue weighted by Crippen LogP contribution is -2.42. The van der Waals surface area contributed by atoms with Gasteiger partial charge in [-0.3, -0.25) is 19.4 Å². The van der Waals surface area contributed by atoms with Crippen molar-refractivity contribution in [1.82, 2.24) is 39.5 Å². The zero-order valence-corrected chi connectivity index (χ0v) is 40.5. The lowest BCUT2D eigenvalue weighted by atomic mass is 10.00. The first-order valence-electron chi connectivity index (χ1n) is 26.3. The molecule has 4 saturated heterocycles. The number of fused-ring (bicyclic) bond motifs is 7. The molecule has 5 atom stereocenters. The molecule has 7 heterocycles. The van der Waals surface area contributed by atoms with E-state index in [4.69, 9.17) is 19.4 Å². The average molecular weight is 941 g/mol. The zero-order chi connectivity index (χ0) is 47.2. The highest BCUT2D eigenvalue weighted by molar-refractivity contribution is 5.85. The molecule has 11 rings (SSSR count). The van der Waals surface area contributed by atoms with E-state index in [2.05, 4.69) is 91.4 Å². The van der Waals surface area contributed by atoms with E-state index in [1.165, 1.54) is 12.8 Å². The second-order valence-electron chi connectivity index (χ2n) is 20.2. The Balaban J connectivity index is 0.833. The van der Waals surface area contributed by atoms with Gasteiger partial charge in [0.1, 0.15) is 29.5 Å². The number of aromatic amines is 2. The van der Waals surface area contributed by atoms with Gasteiger partial charge in [0.2, 0.25) is 11.8 Å². The summed E-state index contributed by atoms with van der Waals surface area (Å²) in [5.41, 5.74) is 8.05. The third-order valence-corrected chi connectivity index (χ3v) is 15.6. The Hall–Kier alpha value is -6.08. The predicted octanol–water partition coefficient (Wildman–Crippen LogP) is 10.9. The van der Waals surface area contributed by atoms with Crippen LogP contribution in [0.3, 0.4) is 0 Å². The molecule has 0 saturated carbocycles. The molecule has 12 nitrogen and oxygen atoms in total. The van der Waals surface area contributed by atoms with E-state index in [1.807, 2.05) is 53.7 Å². The monoisotopic (exact) mass is 941 g/mol. The normalized spacial score (nSPS) is 22.5. The largest absolute Gasteiger partial charge is 0.493 e. The Kier molecular flexibility index (Phi) is 14.2. The van der Waals surface area contributed by atoms with Crippen LogP contribution in [0.25, 0.3) is 33.6 Å². The number of rotatable bonds is 9. The summed E-state index contributed by atoms with van der Waals surface area (Å²) in [6, 6.07) is 34.7. The number of imidazole rings is 2. The summed E-state index contributed by atoms with van der Waals surface area (Å²) < 4.78 is 13.2. The third kappa shape index (κ3) is 9.96. The van der Waals surface area contributed by atoms with Crippen molar-refractivity contribution in [2.75, 3.05) is 52.5 Å². The predicted molar refractivity (Wildman–Crippen MR) is 273 cm³/mol. The van der Waals surface area contributed by atoms with Crippen LogP contribution in [0.5, 0.6) is 5.75 Å². The molecule has 4 fully saturated rings. The van der Waals surface area contributed by atoms with Crippen LogP contribution < -0.4 is 4.74 Å². The first-order chi connectivity index (χ1) is 34.6. The molecule has 2 amide bonds. The number of nitrogens with zero attached hydrogens (tertiary/aromatic N) is 6. The molecule has 2 aromatic heterocycles. The van der Waals surface area contributed by atoms with E-state index in [0.717, 1.165) is 159 Å². The SMILES string of the molecule is O=C([C@H](c1ccccc1)N1CCCC1)N1C[C@@H]2C[C@H]1c1ncc([nH]1)-c1ccc(-c3ccc(-c4cnc([C@@H]5CCCN5C(=O)[C@@H](c5ccccc5)N5CCCC5)[nH]4)cc3)cc1OCCCCCCCCO2. The molecular formula is C58H68N8O4. The van der Waals surface area contributed by atoms with Gasteiger partial charge >= 0.3 is 0 Å². The second kappa shape index (κ2) is 21.5. The van der Waals surface area contributed by atoms with E-state index in [9.17, 15) is 9.59 Å². The Morgan fingerprint density at radius 3 is 1.77 bits per heavy atom. The molecule has 0 aliphatic carbocycles. The molecule has 2 N–H and O–H groups in total. The van der Waals surface area contributed by atoms with Crippen LogP contribution in [0, 0.1) is 0 Å². The minimum absolute atomic E-state index is 0.0534. The minimum atomic E-state index is -0.336. The molecule has 0 radical (unpaired) electrons. The van der Waals surface area contributed by atoms with Crippen molar-refractivity contribution in [3.63, 3.8) is 0 Å². The maximum atomic E-state index is 14.9. The summed E-state index contributed by atoms with van der Waals surface area (Å²) in [4.78, 5) is 55.4. The second-order valence-corrected chi connectivity index (χ2v) is 20.2. The van der Waals surface area contributed by atoms with Crippen LogP contribution in [0.1, 0.15) is 130 Å². The van der Waals surface area contributed by atoms with Gasteiger partial charge in [-0.15, -0.1) is 0 Å². The summed E-state index contributed by atoms with van der Waals surface area (Å²) in [6.07, 6.45) is 17.4. The van der Waals surface area contributed by atoms with Gasteiger partial charge in [-0.25, -0.2) is 9.97 Å². The number of amides is 2. The number of likely N-dealkylation sites (tertiary alicyclic amines) is 4. The molecule has 0 unspecified atom stereocenters. The zero-order valence-electron chi connectivity index (χ0n) is 40.5. The number of benzene rings is 4. The molecule has 364 valence electrons. The third-order valence-electron chi connectivity index (χ3n) is 15.6. The molecule has 0 spiro atoms. The van der Waals surface area contributed by atoms with E-state index in [0.29, 0.717) is 26.2 Å². The smallest absolute Gasteiger partial charge is 0.245 e. The Morgan fingerprint density at radius 2 is 1.10 bits per heavy atom. The molecule has 5 aliphatic heterocycles. The molecule has 12 heteroatoms. The van der Waals surface area contributed by atoms with E-state index >= 15 is 0 Å². The van der Waals surface area contributed by atoms with E-state index in [-0.39, 0.29) is 42.1 Å². The van der Waals surface area contributed by atoms with Gasteiger partial charge in [0.25, 0.3) is 0 Å². The van der Waals surface area contributed by atoms with Crippen LogP contribution in [0.15, 0.2) is 116 Å². The van der Waals surface area contributed by atoms with Gasteiger partial charge in [-0.2, -0.15) is 0 Å². The maximum absolute atomic E-state index is 14.9. The van der Waals surface area contributed by atoms with Crippen molar-refractivity contribution < 1.29 is 19.1 Å². The fourth-order valence-electron chi connectivity index (χ4n) is 11.9. The van der Waals surface area contributed by atoms with Gasteiger partial charge in [-0.05, 0) is 117 Å². The van der Waals surface area contributed by atoms with Gasteiger partial charge < -0.3 is 29.2 Å². The Bertz CT molecular complexity index is 2670. The molecule has 4 aromatic carbocycles. The molecule has 4 bridgehead atoms. The summed E-state index contributed by atoms with van der Waals surface area (Å²) in [5.74, 6) is 2.74. The van der Waals surface area contributed by atoms with Crippen molar-refractivity contribution in [3.05, 3.63) is 138 Å². The highest BCUT2D eigenvalue weighted by atomic mass is 16.5. The number of ether oxygens (including phenoxy) is 2.